The van der Waals surface area contributed by atoms with Crippen molar-refractivity contribution in [2.24, 2.45) is 0 Å². The Labute approximate surface area is 178 Å². The summed E-state index contributed by atoms with van der Waals surface area (Å²) < 4.78 is 11.9. The predicted molar refractivity (Wildman–Crippen MR) is 114 cm³/mol. The second kappa shape index (κ2) is 9.47. The third-order valence-electron chi connectivity index (χ3n) is 4.53. The van der Waals surface area contributed by atoms with E-state index in [0.717, 1.165) is 12.2 Å². The summed E-state index contributed by atoms with van der Waals surface area (Å²) >= 11 is 9.74. The summed E-state index contributed by atoms with van der Waals surface area (Å²) in [5.41, 5.74) is 0.567. The van der Waals surface area contributed by atoms with Gasteiger partial charge in [0.15, 0.2) is 11.5 Å². The Morgan fingerprint density at radius 1 is 1.29 bits per heavy atom. The summed E-state index contributed by atoms with van der Waals surface area (Å²) in [6, 6.07) is 7.16. The molecule has 0 bridgehead atoms. The molecule has 1 fully saturated rings. The molecule has 1 amide bonds. The fourth-order valence-electron chi connectivity index (χ4n) is 3.10. The van der Waals surface area contributed by atoms with Crippen LogP contribution in [0.3, 0.4) is 0 Å². The van der Waals surface area contributed by atoms with Crippen molar-refractivity contribution in [2.45, 2.75) is 13.3 Å². The first-order valence-corrected chi connectivity index (χ1v) is 10.4. The monoisotopic (exact) mass is 467 g/mol. The van der Waals surface area contributed by atoms with E-state index in [0.29, 0.717) is 59.3 Å². The minimum atomic E-state index is -0.0344. The first-order chi connectivity index (χ1) is 13.5. The molecule has 8 heteroatoms. The topological polar surface area (TPSA) is 54.9 Å². The number of piperazine rings is 1. The van der Waals surface area contributed by atoms with Crippen molar-refractivity contribution in [3.05, 3.63) is 45.5 Å². The number of hydrogen-bond acceptors (Lipinski definition) is 5. The maximum atomic E-state index is 13.0. The molecule has 0 N–H and O–H groups in total. The molecule has 0 radical (unpaired) electrons. The Hall–Kier alpha value is -1.99. The summed E-state index contributed by atoms with van der Waals surface area (Å²) in [6.45, 7) is 5.17. The van der Waals surface area contributed by atoms with Gasteiger partial charge in [-0.3, -0.25) is 4.79 Å². The third kappa shape index (κ3) is 4.52. The van der Waals surface area contributed by atoms with Crippen LogP contribution in [0.1, 0.15) is 23.7 Å². The van der Waals surface area contributed by atoms with Crippen LogP contribution in [0.5, 0.6) is 11.5 Å². The van der Waals surface area contributed by atoms with Crippen molar-refractivity contribution in [3.8, 4) is 11.5 Å². The molecular formula is C20H23BrClN3O3. The van der Waals surface area contributed by atoms with E-state index < -0.39 is 0 Å². The molecular weight excluding hydrogens is 446 g/mol. The van der Waals surface area contributed by atoms with Gasteiger partial charge in [-0.1, -0.05) is 18.5 Å². The van der Waals surface area contributed by atoms with Gasteiger partial charge in [-0.2, -0.15) is 0 Å². The van der Waals surface area contributed by atoms with Crippen LogP contribution in [-0.2, 0) is 0 Å². The highest BCUT2D eigenvalue weighted by atomic mass is 79.9. The average Bonchev–Trinajstić information content (AvgIpc) is 2.72. The second-order valence-corrected chi connectivity index (χ2v) is 7.69. The van der Waals surface area contributed by atoms with E-state index in [9.17, 15) is 4.79 Å². The molecule has 1 saturated heterocycles. The number of rotatable bonds is 6. The quantitative estimate of drug-likeness (QED) is 0.634. The Kier molecular flexibility index (Phi) is 7.02. The first-order valence-electron chi connectivity index (χ1n) is 9.20. The number of hydrogen-bond donors (Lipinski definition) is 0. The second-order valence-electron chi connectivity index (χ2n) is 6.43. The van der Waals surface area contributed by atoms with Crippen LogP contribution in [-0.4, -0.2) is 55.7 Å². The Balaban J connectivity index is 1.71. The normalized spacial score (nSPS) is 14.1. The molecule has 3 rings (SSSR count). The van der Waals surface area contributed by atoms with Crippen molar-refractivity contribution >= 4 is 39.3 Å². The van der Waals surface area contributed by atoms with Crippen LogP contribution < -0.4 is 14.4 Å². The molecule has 1 aliphatic heterocycles. The van der Waals surface area contributed by atoms with E-state index >= 15 is 0 Å². The maximum Gasteiger partial charge on any atom is 0.254 e. The van der Waals surface area contributed by atoms with E-state index in [1.807, 2.05) is 24.0 Å². The minimum absolute atomic E-state index is 0.0344. The van der Waals surface area contributed by atoms with Crippen LogP contribution in [0.2, 0.25) is 5.02 Å². The zero-order valence-corrected chi connectivity index (χ0v) is 18.3. The number of carbonyl (C=O) groups excluding carboxylic acids is 1. The summed E-state index contributed by atoms with van der Waals surface area (Å²) in [6.07, 6.45) is 2.62. The molecule has 2 heterocycles. The molecule has 0 saturated carbocycles. The van der Waals surface area contributed by atoms with Crippen molar-refractivity contribution in [1.82, 2.24) is 9.88 Å². The first kappa shape index (κ1) is 20.7. The SMILES string of the molecule is CCCOc1c(Br)cc(C(=O)N2CCN(c3ncccc3Cl)CC2)cc1OC. The molecule has 0 aliphatic carbocycles. The highest BCUT2D eigenvalue weighted by Gasteiger charge is 2.25. The number of aromatic nitrogens is 1. The maximum absolute atomic E-state index is 13.0. The molecule has 150 valence electrons. The minimum Gasteiger partial charge on any atom is -0.493 e. The molecule has 6 nitrogen and oxygen atoms in total. The van der Waals surface area contributed by atoms with Crippen molar-refractivity contribution in [2.75, 3.05) is 44.8 Å². The van der Waals surface area contributed by atoms with Gasteiger partial charge in [-0.15, -0.1) is 0 Å². The molecule has 1 aromatic heterocycles. The van der Waals surface area contributed by atoms with Crippen LogP contribution in [0.15, 0.2) is 34.9 Å². The zero-order chi connectivity index (χ0) is 20.1. The Bertz CT molecular complexity index is 841. The van der Waals surface area contributed by atoms with Crippen LogP contribution >= 0.6 is 27.5 Å². The summed E-state index contributed by atoms with van der Waals surface area (Å²) in [7, 11) is 1.57. The zero-order valence-electron chi connectivity index (χ0n) is 16.0. The number of methoxy groups -OCH3 is 1. The fourth-order valence-corrected chi connectivity index (χ4v) is 3.90. The number of halogens is 2. The molecule has 1 aromatic carbocycles. The van der Waals surface area contributed by atoms with Gasteiger partial charge in [0, 0.05) is 37.9 Å². The third-order valence-corrected chi connectivity index (χ3v) is 5.42. The lowest BCUT2D eigenvalue weighted by Gasteiger charge is -2.35. The fraction of sp³-hybridized carbons (Fsp3) is 0.400. The number of amides is 1. The standard InChI is InChI=1S/C20H23BrClN3O3/c1-3-11-28-18-15(21)12-14(13-17(18)27-2)20(26)25-9-7-24(8-10-25)19-16(22)5-4-6-23-19/h4-6,12-13H,3,7-11H2,1-2H3. The molecule has 28 heavy (non-hydrogen) atoms. The van der Waals surface area contributed by atoms with Crippen molar-refractivity contribution < 1.29 is 14.3 Å². The van der Waals surface area contributed by atoms with Gasteiger partial charge in [-0.05, 0) is 46.6 Å². The highest BCUT2D eigenvalue weighted by Crippen LogP contribution is 2.37. The summed E-state index contributed by atoms with van der Waals surface area (Å²) in [5, 5.41) is 0.624. The lowest BCUT2D eigenvalue weighted by molar-refractivity contribution is 0.0746. The van der Waals surface area contributed by atoms with Gasteiger partial charge in [0.25, 0.3) is 5.91 Å². The van der Waals surface area contributed by atoms with Crippen LogP contribution in [0, 0.1) is 0 Å². The molecule has 0 unspecified atom stereocenters. The van der Waals surface area contributed by atoms with Crippen molar-refractivity contribution in [3.63, 3.8) is 0 Å². The largest absolute Gasteiger partial charge is 0.493 e. The van der Waals surface area contributed by atoms with Crippen LogP contribution in [0.25, 0.3) is 0 Å². The Morgan fingerprint density at radius 3 is 2.68 bits per heavy atom. The lowest BCUT2D eigenvalue weighted by atomic mass is 10.1. The molecule has 0 spiro atoms. The average molecular weight is 469 g/mol. The number of anilines is 1. The van der Waals surface area contributed by atoms with E-state index in [1.165, 1.54) is 0 Å². The van der Waals surface area contributed by atoms with Gasteiger partial charge >= 0.3 is 0 Å². The molecule has 0 atom stereocenters. The smallest absolute Gasteiger partial charge is 0.254 e. The van der Waals surface area contributed by atoms with Gasteiger partial charge in [0.05, 0.1) is 23.2 Å². The van der Waals surface area contributed by atoms with Crippen molar-refractivity contribution in [1.29, 1.82) is 0 Å². The van der Waals surface area contributed by atoms with E-state index in [4.69, 9.17) is 21.1 Å². The summed E-state index contributed by atoms with van der Waals surface area (Å²) in [4.78, 5) is 21.3. The van der Waals surface area contributed by atoms with E-state index in [-0.39, 0.29) is 5.91 Å². The number of pyridine rings is 1. The number of ether oxygens (including phenoxy) is 2. The summed E-state index contributed by atoms with van der Waals surface area (Å²) in [5.74, 6) is 1.89. The number of benzene rings is 1. The highest BCUT2D eigenvalue weighted by molar-refractivity contribution is 9.10. The van der Waals surface area contributed by atoms with E-state index in [2.05, 4.69) is 25.8 Å². The predicted octanol–water partition coefficient (Wildman–Crippen LogP) is 4.26. The molecule has 1 aliphatic rings. The van der Waals surface area contributed by atoms with Gasteiger partial charge in [-0.25, -0.2) is 4.98 Å². The molecule has 2 aromatic rings. The lowest BCUT2D eigenvalue weighted by Crippen LogP contribution is -2.49. The van der Waals surface area contributed by atoms with E-state index in [1.54, 1.807) is 25.4 Å². The van der Waals surface area contributed by atoms with Gasteiger partial charge < -0.3 is 19.3 Å². The number of carbonyl (C=O) groups is 1. The van der Waals surface area contributed by atoms with Crippen LogP contribution in [0.4, 0.5) is 5.82 Å². The van der Waals surface area contributed by atoms with Gasteiger partial charge in [0.2, 0.25) is 0 Å². The van der Waals surface area contributed by atoms with Gasteiger partial charge in [0.1, 0.15) is 5.82 Å². The Morgan fingerprint density at radius 2 is 2.04 bits per heavy atom. The number of nitrogens with zero attached hydrogens (tertiary/aromatic N) is 3.